The summed E-state index contributed by atoms with van der Waals surface area (Å²) in [5.74, 6) is 1.08. The molecule has 0 fully saturated rings. The van der Waals surface area contributed by atoms with Gasteiger partial charge in [-0.15, -0.1) is 5.10 Å². The number of halogens is 1. The molecule has 0 N–H and O–H groups in total. The fourth-order valence-corrected chi connectivity index (χ4v) is 1.55. The summed E-state index contributed by atoms with van der Waals surface area (Å²) >= 11 is 5.76. The lowest BCUT2D eigenvalue weighted by Crippen LogP contribution is -1.93. The average Bonchev–Trinajstić information content (AvgIpc) is 2.29. The van der Waals surface area contributed by atoms with Crippen LogP contribution < -0.4 is 0 Å². The van der Waals surface area contributed by atoms with Crippen molar-refractivity contribution in [2.24, 2.45) is 0 Å². The maximum absolute atomic E-state index is 5.76. The molecule has 16 heavy (non-hydrogen) atoms. The Kier molecular flexibility index (Phi) is 3.15. The fourth-order valence-electron chi connectivity index (χ4n) is 1.42. The van der Waals surface area contributed by atoms with Gasteiger partial charge >= 0.3 is 0 Å². The van der Waals surface area contributed by atoms with E-state index < -0.39 is 0 Å². The highest BCUT2D eigenvalue weighted by Gasteiger charge is 2.04. The average molecular weight is 234 g/mol. The van der Waals surface area contributed by atoms with Gasteiger partial charge in [-0.3, -0.25) is 0 Å². The van der Waals surface area contributed by atoms with Crippen molar-refractivity contribution in [1.29, 1.82) is 0 Å². The van der Waals surface area contributed by atoms with Gasteiger partial charge in [0.1, 0.15) is 0 Å². The molecule has 82 valence electrons. The highest BCUT2D eigenvalue weighted by molar-refractivity contribution is 6.29. The van der Waals surface area contributed by atoms with Crippen molar-refractivity contribution in [3.05, 3.63) is 41.2 Å². The van der Waals surface area contributed by atoms with Crippen molar-refractivity contribution in [3.63, 3.8) is 0 Å². The largest absolute Gasteiger partial charge is 0.213 e. The van der Waals surface area contributed by atoms with Gasteiger partial charge in [-0.1, -0.05) is 49.7 Å². The first-order chi connectivity index (χ1) is 7.66. The lowest BCUT2D eigenvalue weighted by atomic mass is 10.0. The van der Waals surface area contributed by atoms with Crippen molar-refractivity contribution in [1.82, 2.24) is 15.2 Å². The monoisotopic (exact) mass is 233 g/mol. The van der Waals surface area contributed by atoms with Gasteiger partial charge in [-0.05, 0) is 11.5 Å². The Morgan fingerprint density at radius 3 is 2.38 bits per heavy atom. The molecule has 0 aliphatic carbocycles. The molecule has 0 saturated carbocycles. The SMILES string of the molecule is CC(C)c1ccc(-c2nncc(Cl)n2)cc1. The topological polar surface area (TPSA) is 38.7 Å². The zero-order valence-corrected chi connectivity index (χ0v) is 9.94. The first kappa shape index (κ1) is 11.0. The molecule has 0 radical (unpaired) electrons. The van der Waals surface area contributed by atoms with Crippen molar-refractivity contribution in [3.8, 4) is 11.4 Å². The van der Waals surface area contributed by atoms with E-state index in [-0.39, 0.29) is 0 Å². The normalized spacial score (nSPS) is 10.8. The van der Waals surface area contributed by atoms with Crippen LogP contribution in [-0.2, 0) is 0 Å². The summed E-state index contributed by atoms with van der Waals surface area (Å²) in [7, 11) is 0. The molecular formula is C12H12ClN3. The molecule has 4 heteroatoms. The van der Waals surface area contributed by atoms with Crippen molar-refractivity contribution in [2.45, 2.75) is 19.8 Å². The van der Waals surface area contributed by atoms with Gasteiger partial charge in [0.05, 0.1) is 6.20 Å². The minimum atomic E-state index is 0.359. The Labute approximate surface area is 99.5 Å². The van der Waals surface area contributed by atoms with E-state index in [0.717, 1.165) is 5.56 Å². The third kappa shape index (κ3) is 2.36. The molecule has 3 nitrogen and oxygen atoms in total. The Bertz CT molecular complexity index is 480. The van der Waals surface area contributed by atoms with Gasteiger partial charge in [0.2, 0.25) is 0 Å². The van der Waals surface area contributed by atoms with Crippen LogP contribution in [-0.4, -0.2) is 15.2 Å². The second-order valence-corrected chi connectivity index (χ2v) is 4.27. The fraction of sp³-hybridized carbons (Fsp3) is 0.250. The predicted molar refractivity (Wildman–Crippen MR) is 64.4 cm³/mol. The molecule has 0 unspecified atom stereocenters. The van der Waals surface area contributed by atoms with Crippen LogP contribution >= 0.6 is 11.6 Å². The zero-order valence-electron chi connectivity index (χ0n) is 9.18. The molecule has 0 amide bonds. The van der Waals surface area contributed by atoms with E-state index in [2.05, 4.69) is 41.2 Å². The van der Waals surface area contributed by atoms with Crippen LogP contribution in [0.1, 0.15) is 25.3 Å². The minimum Gasteiger partial charge on any atom is -0.213 e. The lowest BCUT2D eigenvalue weighted by Gasteiger charge is -2.05. The molecule has 1 aromatic heterocycles. The summed E-state index contributed by atoms with van der Waals surface area (Å²) < 4.78 is 0. The Hall–Kier alpha value is -1.48. The molecule has 0 atom stereocenters. The number of hydrogen-bond donors (Lipinski definition) is 0. The maximum Gasteiger partial charge on any atom is 0.183 e. The molecule has 0 aliphatic heterocycles. The van der Waals surface area contributed by atoms with Crippen molar-refractivity contribution < 1.29 is 0 Å². The third-order valence-corrected chi connectivity index (χ3v) is 2.55. The minimum absolute atomic E-state index is 0.359. The van der Waals surface area contributed by atoms with Gasteiger partial charge < -0.3 is 0 Å². The molecule has 0 aliphatic rings. The summed E-state index contributed by atoms with van der Waals surface area (Å²) in [6.07, 6.45) is 1.42. The van der Waals surface area contributed by atoms with Gasteiger partial charge in [-0.25, -0.2) is 4.98 Å². The molecule has 1 heterocycles. The van der Waals surface area contributed by atoms with Gasteiger partial charge in [0.25, 0.3) is 0 Å². The molecule has 2 rings (SSSR count). The number of rotatable bonds is 2. The Balaban J connectivity index is 2.35. The summed E-state index contributed by atoms with van der Waals surface area (Å²) in [5.41, 5.74) is 2.22. The van der Waals surface area contributed by atoms with E-state index in [0.29, 0.717) is 16.9 Å². The second-order valence-electron chi connectivity index (χ2n) is 3.88. The highest BCUT2D eigenvalue weighted by atomic mass is 35.5. The summed E-state index contributed by atoms with van der Waals surface area (Å²) in [5, 5.41) is 8.07. The Morgan fingerprint density at radius 1 is 1.12 bits per heavy atom. The maximum atomic E-state index is 5.76. The number of nitrogens with zero attached hydrogens (tertiary/aromatic N) is 3. The van der Waals surface area contributed by atoms with Gasteiger partial charge in [0.15, 0.2) is 11.0 Å². The molecule has 0 spiro atoms. The third-order valence-electron chi connectivity index (χ3n) is 2.36. The highest BCUT2D eigenvalue weighted by Crippen LogP contribution is 2.20. The van der Waals surface area contributed by atoms with E-state index in [1.807, 2.05) is 12.1 Å². The summed E-state index contributed by atoms with van der Waals surface area (Å²) in [6.45, 7) is 4.32. The predicted octanol–water partition coefficient (Wildman–Crippen LogP) is 3.32. The van der Waals surface area contributed by atoms with Crippen LogP contribution in [0.3, 0.4) is 0 Å². The summed E-state index contributed by atoms with van der Waals surface area (Å²) in [4.78, 5) is 4.11. The van der Waals surface area contributed by atoms with Crippen LogP contribution in [0.5, 0.6) is 0 Å². The Morgan fingerprint density at radius 2 is 1.81 bits per heavy atom. The molecule has 0 saturated heterocycles. The standard InChI is InChI=1S/C12H12ClN3/c1-8(2)9-3-5-10(6-4-9)12-15-11(13)7-14-16-12/h3-8H,1-2H3. The van der Waals surface area contributed by atoms with Crippen LogP contribution in [0.2, 0.25) is 5.15 Å². The number of hydrogen-bond acceptors (Lipinski definition) is 3. The van der Waals surface area contributed by atoms with Crippen LogP contribution in [0, 0.1) is 0 Å². The smallest absolute Gasteiger partial charge is 0.183 e. The number of aromatic nitrogens is 3. The van der Waals surface area contributed by atoms with Gasteiger partial charge in [-0.2, -0.15) is 5.10 Å². The van der Waals surface area contributed by atoms with E-state index in [1.165, 1.54) is 11.8 Å². The van der Waals surface area contributed by atoms with Crippen LogP contribution in [0.25, 0.3) is 11.4 Å². The number of benzene rings is 1. The first-order valence-corrected chi connectivity index (χ1v) is 5.50. The first-order valence-electron chi connectivity index (χ1n) is 5.12. The summed E-state index contributed by atoms with van der Waals surface area (Å²) in [6, 6.07) is 8.12. The van der Waals surface area contributed by atoms with Crippen molar-refractivity contribution >= 4 is 11.6 Å². The van der Waals surface area contributed by atoms with E-state index >= 15 is 0 Å². The lowest BCUT2D eigenvalue weighted by molar-refractivity contribution is 0.866. The van der Waals surface area contributed by atoms with E-state index in [9.17, 15) is 0 Å². The zero-order chi connectivity index (χ0) is 11.5. The molecule has 2 aromatic rings. The molecular weight excluding hydrogens is 222 g/mol. The van der Waals surface area contributed by atoms with E-state index in [4.69, 9.17) is 11.6 Å². The molecule has 1 aromatic carbocycles. The second kappa shape index (κ2) is 4.58. The van der Waals surface area contributed by atoms with E-state index in [1.54, 1.807) is 0 Å². The van der Waals surface area contributed by atoms with Gasteiger partial charge in [0, 0.05) is 5.56 Å². The molecule has 0 bridgehead atoms. The van der Waals surface area contributed by atoms with Crippen LogP contribution in [0.15, 0.2) is 30.5 Å². The quantitative estimate of drug-likeness (QED) is 0.799. The van der Waals surface area contributed by atoms with Crippen molar-refractivity contribution in [2.75, 3.05) is 0 Å². The van der Waals surface area contributed by atoms with Crippen LogP contribution in [0.4, 0.5) is 0 Å².